The van der Waals surface area contributed by atoms with Crippen molar-refractivity contribution in [2.45, 2.75) is 6.92 Å². The molecule has 0 radical (unpaired) electrons. The third kappa shape index (κ3) is 2.75. The van der Waals surface area contributed by atoms with Crippen LogP contribution in [0.15, 0.2) is 0 Å². The van der Waals surface area contributed by atoms with Crippen molar-refractivity contribution in [3.8, 4) is 0 Å². The Bertz CT molecular complexity index is 129. The zero-order chi connectivity index (χ0) is 10.6. The second kappa shape index (κ2) is 5.44. The van der Waals surface area contributed by atoms with Gasteiger partial charge in [-0.15, -0.1) is 0 Å². The van der Waals surface area contributed by atoms with Crippen molar-refractivity contribution in [2.75, 3.05) is 48.9 Å². The van der Waals surface area contributed by atoms with Gasteiger partial charge < -0.3 is 0 Å². The molecule has 0 heterocycles. The zero-order valence-electron chi connectivity index (χ0n) is 9.96. The summed E-state index contributed by atoms with van der Waals surface area (Å²) in [7, 11) is 12.6. The fourth-order valence-electron chi connectivity index (χ4n) is 1.78. The van der Waals surface area contributed by atoms with Gasteiger partial charge in [0.2, 0.25) is 0 Å². The molecule has 80 valence electrons. The summed E-state index contributed by atoms with van der Waals surface area (Å²) in [5.74, 6) is 0. The molecule has 0 aliphatic heterocycles. The molecule has 5 heteroatoms. The normalized spacial score (nSPS) is 13.4. The Balaban J connectivity index is 4.82. The van der Waals surface area contributed by atoms with Crippen LogP contribution in [0, 0.1) is 0 Å². The van der Waals surface area contributed by atoms with Crippen molar-refractivity contribution in [3.05, 3.63) is 0 Å². The van der Waals surface area contributed by atoms with Crippen LogP contribution in [-0.4, -0.2) is 59.0 Å². The molecule has 0 aliphatic rings. The minimum absolute atomic E-state index is 0.772. The van der Waals surface area contributed by atoms with Gasteiger partial charge in [-0.25, -0.2) is 0 Å². The molecule has 0 spiro atoms. The van der Waals surface area contributed by atoms with E-state index < -0.39 is 17.7 Å². The van der Waals surface area contributed by atoms with Crippen LogP contribution in [0.1, 0.15) is 6.92 Å². The fourth-order valence-corrected chi connectivity index (χ4v) is 7.34. The van der Waals surface area contributed by atoms with Gasteiger partial charge in [0, 0.05) is 0 Å². The minimum atomic E-state index is -2.58. The predicted molar refractivity (Wildman–Crippen MR) is 52.7 cm³/mol. The molecule has 0 fully saturated rings. The van der Waals surface area contributed by atoms with Crippen molar-refractivity contribution in [2.24, 2.45) is 0 Å². The van der Waals surface area contributed by atoms with Gasteiger partial charge in [-0.05, 0) is 0 Å². The van der Waals surface area contributed by atoms with Crippen LogP contribution >= 0.6 is 0 Å². The van der Waals surface area contributed by atoms with Gasteiger partial charge in [0.05, 0.1) is 0 Å². The van der Waals surface area contributed by atoms with E-state index in [1.165, 1.54) is 0 Å². The van der Waals surface area contributed by atoms with Gasteiger partial charge in [-0.1, -0.05) is 0 Å². The molecular weight excluding hydrogens is 202 g/mol. The van der Waals surface area contributed by atoms with Gasteiger partial charge in [0.25, 0.3) is 0 Å². The van der Waals surface area contributed by atoms with Gasteiger partial charge in [0.1, 0.15) is 0 Å². The van der Waals surface area contributed by atoms with Crippen LogP contribution < -0.4 is 0 Å². The Kier molecular flexibility index (Phi) is 5.67. The summed E-state index contributed by atoms with van der Waals surface area (Å²) in [4.78, 5) is 0. The standard InChI is InChI=1S/3C2H6N.C2H5O.Ti/c3*1-3-2;1-2-3;/h3*1-2H3;2H2,1H3;/q4*-1;+4. The molecule has 0 bridgehead atoms. The maximum absolute atomic E-state index is 5.98. The van der Waals surface area contributed by atoms with E-state index in [2.05, 4.69) is 59.4 Å². The second-order valence-corrected chi connectivity index (χ2v) is 10.1. The number of nitrogens with zero attached hydrogens (tertiary/aromatic N) is 3. The molecule has 0 aromatic carbocycles. The number of rotatable bonds is 5. The molecule has 0 aromatic heterocycles. The molecule has 4 nitrogen and oxygen atoms in total. The molecule has 13 heavy (non-hydrogen) atoms. The van der Waals surface area contributed by atoms with Crippen LogP contribution in [-0.2, 0) is 21.1 Å². The fraction of sp³-hybridized carbons (Fsp3) is 1.00. The summed E-state index contributed by atoms with van der Waals surface area (Å²) < 4.78 is 12.7. The first kappa shape index (κ1) is 13.6. The average molecular weight is 225 g/mol. The molecule has 0 aromatic rings. The summed E-state index contributed by atoms with van der Waals surface area (Å²) in [6.45, 7) is 2.82. The number of hydrogen-bond donors (Lipinski definition) is 0. The van der Waals surface area contributed by atoms with Crippen molar-refractivity contribution in [3.63, 3.8) is 0 Å². The number of hydrogen-bond acceptors (Lipinski definition) is 4. The van der Waals surface area contributed by atoms with E-state index in [9.17, 15) is 0 Å². The summed E-state index contributed by atoms with van der Waals surface area (Å²) in [6, 6.07) is 0. The van der Waals surface area contributed by atoms with Crippen molar-refractivity contribution in [1.82, 2.24) is 10.1 Å². The molecule has 0 saturated carbocycles. The van der Waals surface area contributed by atoms with Gasteiger partial charge in [-0.2, -0.15) is 0 Å². The van der Waals surface area contributed by atoms with Crippen LogP contribution in [0.3, 0.4) is 0 Å². The molecular formula is C8H23N3OTi. The SMILES string of the molecule is CC[O][Ti]([N](C)C)([N](C)C)[N](C)C. The Morgan fingerprint density at radius 3 is 1.23 bits per heavy atom. The van der Waals surface area contributed by atoms with Gasteiger partial charge >= 0.3 is 87.0 Å². The van der Waals surface area contributed by atoms with E-state index in [0.29, 0.717) is 0 Å². The molecule has 0 aliphatic carbocycles. The molecule has 0 atom stereocenters. The van der Waals surface area contributed by atoms with E-state index >= 15 is 0 Å². The van der Waals surface area contributed by atoms with Gasteiger partial charge in [-0.3, -0.25) is 0 Å². The summed E-state index contributed by atoms with van der Waals surface area (Å²) in [5, 5.41) is 0. The third-order valence-electron chi connectivity index (χ3n) is 2.09. The van der Waals surface area contributed by atoms with Crippen molar-refractivity contribution >= 4 is 0 Å². The maximum atomic E-state index is 5.98. The van der Waals surface area contributed by atoms with Crippen LogP contribution in [0.25, 0.3) is 0 Å². The van der Waals surface area contributed by atoms with E-state index in [1.54, 1.807) is 0 Å². The van der Waals surface area contributed by atoms with Gasteiger partial charge in [0.15, 0.2) is 0 Å². The van der Waals surface area contributed by atoms with Crippen molar-refractivity contribution in [1.29, 1.82) is 0 Å². The summed E-state index contributed by atoms with van der Waals surface area (Å²) in [6.07, 6.45) is 0. The van der Waals surface area contributed by atoms with Crippen LogP contribution in [0.4, 0.5) is 0 Å². The predicted octanol–water partition coefficient (Wildman–Crippen LogP) is 0.522. The monoisotopic (exact) mass is 225 g/mol. The van der Waals surface area contributed by atoms with Crippen LogP contribution in [0.5, 0.6) is 0 Å². The van der Waals surface area contributed by atoms with E-state index in [0.717, 1.165) is 6.61 Å². The Labute approximate surface area is 87.2 Å². The quantitative estimate of drug-likeness (QED) is 0.635. The van der Waals surface area contributed by atoms with E-state index in [1.807, 2.05) is 0 Å². The van der Waals surface area contributed by atoms with Crippen molar-refractivity contribution < 1.29 is 21.1 Å². The zero-order valence-corrected chi connectivity index (χ0v) is 11.5. The van der Waals surface area contributed by atoms with E-state index in [-0.39, 0.29) is 0 Å². The average Bonchev–Trinajstić information content (AvgIpc) is 1.97. The molecule has 0 rings (SSSR count). The van der Waals surface area contributed by atoms with E-state index in [4.69, 9.17) is 3.32 Å². The first-order chi connectivity index (χ1) is 5.89. The Morgan fingerprint density at radius 1 is 0.846 bits per heavy atom. The first-order valence-corrected chi connectivity index (χ1v) is 7.29. The topological polar surface area (TPSA) is 19.0 Å². The molecule has 0 saturated heterocycles. The first-order valence-electron chi connectivity index (χ1n) is 4.55. The second-order valence-electron chi connectivity index (χ2n) is 3.69. The summed E-state index contributed by atoms with van der Waals surface area (Å²) in [5.41, 5.74) is 0. The molecule has 0 unspecified atom stereocenters. The Morgan fingerprint density at radius 2 is 1.15 bits per heavy atom. The summed E-state index contributed by atoms with van der Waals surface area (Å²) >= 11 is -2.58. The third-order valence-corrected chi connectivity index (χ3v) is 8.60. The molecule has 0 amide bonds. The molecule has 0 N–H and O–H groups in total. The Hall–Kier alpha value is 0.554. The van der Waals surface area contributed by atoms with Crippen LogP contribution in [0.2, 0.25) is 0 Å².